The number of hydrogen-bond acceptors (Lipinski definition) is 0. The van der Waals surface area contributed by atoms with Crippen molar-refractivity contribution in [2.45, 2.75) is 46.5 Å². The number of halogens is 3. The number of hydrogen-bond donors (Lipinski definition) is 0. The summed E-state index contributed by atoms with van der Waals surface area (Å²) < 4.78 is 0. The molecule has 33 heavy (non-hydrogen) atoms. The summed E-state index contributed by atoms with van der Waals surface area (Å²) in [4.78, 5) is 0. The first-order valence-electron chi connectivity index (χ1n) is 10.4. The maximum atomic E-state index is 3.62. The molecule has 0 fully saturated rings. The molecule has 0 nitrogen and oxygen atoms in total. The average Bonchev–Trinajstić information content (AvgIpc) is 3.02. The van der Waals surface area contributed by atoms with Crippen LogP contribution < -0.4 is 37.2 Å². The van der Waals surface area contributed by atoms with Crippen LogP contribution in [0.15, 0.2) is 89.5 Å². The third-order valence-corrected chi connectivity index (χ3v) is 6.35. The zero-order valence-corrected chi connectivity index (χ0v) is 23.6. The summed E-state index contributed by atoms with van der Waals surface area (Å²) in [6.45, 7) is 11.0. The van der Waals surface area contributed by atoms with Crippen molar-refractivity contribution in [1.82, 2.24) is 0 Å². The van der Waals surface area contributed by atoms with Gasteiger partial charge in [-0.1, -0.05) is 96.4 Å². The molecule has 170 valence electrons. The molecule has 0 unspecified atom stereocenters. The van der Waals surface area contributed by atoms with E-state index in [9.17, 15) is 0 Å². The fourth-order valence-electron chi connectivity index (χ4n) is 4.78. The summed E-state index contributed by atoms with van der Waals surface area (Å²) in [6, 6.07) is 27.1. The Labute approximate surface area is 233 Å². The Morgan fingerprint density at radius 1 is 0.606 bits per heavy atom. The molecule has 0 N–H and O–H groups in total. The Hall–Kier alpha value is -1.28. The molecule has 0 radical (unpaired) electrons. The minimum atomic E-state index is -0.321. The van der Waals surface area contributed by atoms with Crippen LogP contribution in [0.3, 0.4) is 0 Å². The van der Waals surface area contributed by atoms with Crippen LogP contribution in [0.25, 0.3) is 0 Å². The van der Waals surface area contributed by atoms with Gasteiger partial charge in [-0.3, -0.25) is 6.08 Å². The first kappa shape index (κ1) is 31.7. The molecule has 4 heteroatoms. The van der Waals surface area contributed by atoms with E-state index in [0.717, 1.165) is 6.42 Å². The number of rotatable bonds is 4. The SMILES string of the molecule is CC1=[C-]CC(C(c2cccc(C)c2)(c2cccc(C)c2)c2cccc(C)c2)=C1C.[Cl-].[Cl-].[Cl-].[Ti+4]. The van der Waals surface area contributed by atoms with Crippen molar-refractivity contribution in [3.63, 3.8) is 0 Å². The average molecular weight is 532 g/mol. The Bertz CT molecular complexity index is 1030. The van der Waals surface area contributed by atoms with Gasteiger partial charge in [-0.25, -0.2) is 5.57 Å². The van der Waals surface area contributed by atoms with Crippen molar-refractivity contribution >= 4 is 0 Å². The van der Waals surface area contributed by atoms with Crippen LogP contribution in [0.2, 0.25) is 0 Å². The van der Waals surface area contributed by atoms with Gasteiger partial charge in [-0.05, 0) is 37.5 Å². The quantitative estimate of drug-likeness (QED) is 0.217. The maximum Gasteiger partial charge on any atom is 4.00 e. The Balaban J connectivity index is 0.00000256. The summed E-state index contributed by atoms with van der Waals surface area (Å²) in [7, 11) is 0. The molecule has 3 aromatic rings. The second-order valence-electron chi connectivity index (χ2n) is 8.44. The first-order valence-corrected chi connectivity index (χ1v) is 10.4. The van der Waals surface area contributed by atoms with Gasteiger partial charge in [-0.2, -0.15) is 5.57 Å². The van der Waals surface area contributed by atoms with E-state index < -0.39 is 0 Å². The Morgan fingerprint density at radius 3 is 1.24 bits per heavy atom. The minimum Gasteiger partial charge on any atom is -1.00 e. The molecule has 0 aliphatic heterocycles. The second kappa shape index (κ2) is 13.0. The van der Waals surface area contributed by atoms with E-state index in [1.165, 1.54) is 50.1 Å². The normalized spacial score (nSPS) is 12.6. The van der Waals surface area contributed by atoms with E-state index in [0.29, 0.717) is 0 Å². The maximum absolute atomic E-state index is 3.62. The molecule has 0 bridgehead atoms. The van der Waals surface area contributed by atoms with Gasteiger partial charge < -0.3 is 37.2 Å². The summed E-state index contributed by atoms with van der Waals surface area (Å²) in [5.74, 6) is 0. The molecule has 0 saturated heterocycles. The topological polar surface area (TPSA) is 0 Å². The van der Waals surface area contributed by atoms with E-state index in [2.05, 4.69) is 113 Å². The van der Waals surface area contributed by atoms with E-state index >= 15 is 0 Å². The monoisotopic (exact) mass is 530 g/mol. The molecule has 1 aliphatic rings. The van der Waals surface area contributed by atoms with Gasteiger partial charge in [0.25, 0.3) is 0 Å². The molecule has 0 amide bonds. The molecular formula is C29H29Cl3Ti. The molecule has 4 rings (SSSR count). The van der Waals surface area contributed by atoms with E-state index in [4.69, 9.17) is 0 Å². The summed E-state index contributed by atoms with van der Waals surface area (Å²) in [5, 5.41) is 0. The predicted molar refractivity (Wildman–Crippen MR) is 123 cm³/mol. The Morgan fingerprint density at radius 2 is 0.970 bits per heavy atom. The van der Waals surface area contributed by atoms with Crippen molar-refractivity contribution in [2.75, 3.05) is 0 Å². The van der Waals surface area contributed by atoms with Crippen molar-refractivity contribution in [3.05, 3.63) is 129 Å². The third kappa shape index (κ3) is 5.87. The largest absolute Gasteiger partial charge is 4.00 e. The first-order chi connectivity index (χ1) is 13.9. The zero-order chi connectivity index (χ0) is 20.6. The predicted octanol–water partition coefficient (Wildman–Crippen LogP) is -1.57. The van der Waals surface area contributed by atoms with Gasteiger partial charge in [-0.15, -0.1) is 18.9 Å². The molecule has 0 heterocycles. The zero-order valence-electron chi connectivity index (χ0n) is 19.8. The van der Waals surface area contributed by atoms with Gasteiger partial charge in [0, 0.05) is 5.41 Å². The van der Waals surface area contributed by atoms with Crippen LogP contribution in [-0.2, 0) is 27.1 Å². The van der Waals surface area contributed by atoms with Crippen LogP contribution in [0.4, 0.5) is 0 Å². The standard InChI is InChI=1S/C29H29.3ClH.Ti/c1-20-9-6-12-25(17-20)29(26-13-7-10-21(2)18-26,27-14-8-11-22(3)19-27)28-16-15-23(4)24(28)5;;;;/h6-14,17-19H,16H2,1-5H3;3*1H;/q-1;;;;+4/p-3. The molecule has 0 saturated carbocycles. The molecule has 0 spiro atoms. The van der Waals surface area contributed by atoms with Crippen molar-refractivity contribution in [2.24, 2.45) is 0 Å². The van der Waals surface area contributed by atoms with Gasteiger partial charge >= 0.3 is 21.7 Å². The van der Waals surface area contributed by atoms with Gasteiger partial charge in [0.15, 0.2) is 0 Å². The number of allylic oxidation sites excluding steroid dienone is 4. The summed E-state index contributed by atoms with van der Waals surface area (Å²) >= 11 is 0. The smallest absolute Gasteiger partial charge is 1.00 e. The van der Waals surface area contributed by atoms with Gasteiger partial charge in [0.05, 0.1) is 0 Å². The summed E-state index contributed by atoms with van der Waals surface area (Å²) in [6.07, 6.45) is 4.49. The number of aryl methyl sites for hydroxylation is 3. The molecular weight excluding hydrogens is 503 g/mol. The second-order valence-corrected chi connectivity index (χ2v) is 8.44. The van der Waals surface area contributed by atoms with E-state index in [-0.39, 0.29) is 64.4 Å². The number of benzene rings is 3. The van der Waals surface area contributed by atoms with Crippen LogP contribution >= 0.6 is 0 Å². The molecule has 0 atom stereocenters. The molecule has 3 aromatic carbocycles. The van der Waals surface area contributed by atoms with E-state index in [1.54, 1.807) is 0 Å². The van der Waals surface area contributed by atoms with Crippen molar-refractivity contribution < 1.29 is 58.9 Å². The van der Waals surface area contributed by atoms with Crippen LogP contribution in [0, 0.1) is 26.8 Å². The summed E-state index contributed by atoms with van der Waals surface area (Å²) in [5.41, 5.74) is 11.6. The molecule has 0 aromatic heterocycles. The van der Waals surface area contributed by atoms with Crippen LogP contribution in [-0.4, -0.2) is 0 Å². The fraction of sp³-hybridized carbons (Fsp3) is 0.241. The minimum absolute atomic E-state index is 0. The van der Waals surface area contributed by atoms with E-state index in [1.807, 2.05) is 0 Å². The third-order valence-electron chi connectivity index (χ3n) is 6.35. The van der Waals surface area contributed by atoms with Gasteiger partial charge in [0.2, 0.25) is 0 Å². The van der Waals surface area contributed by atoms with Crippen LogP contribution in [0.1, 0.15) is 53.6 Å². The molecule has 1 aliphatic carbocycles. The Kier molecular flexibility index (Phi) is 12.5. The van der Waals surface area contributed by atoms with Crippen molar-refractivity contribution in [3.8, 4) is 0 Å². The van der Waals surface area contributed by atoms with Crippen molar-refractivity contribution in [1.29, 1.82) is 0 Å². The van der Waals surface area contributed by atoms with Crippen LogP contribution in [0.5, 0.6) is 0 Å². The fourth-order valence-corrected chi connectivity index (χ4v) is 4.78. The van der Waals surface area contributed by atoms with Gasteiger partial charge in [0.1, 0.15) is 0 Å².